The summed E-state index contributed by atoms with van der Waals surface area (Å²) in [7, 11) is 0. The molecule has 1 aliphatic heterocycles. The molecule has 7 nitrogen and oxygen atoms in total. The molecular formula is C17H18FN5O2. The van der Waals surface area contributed by atoms with Crippen LogP contribution in [0.3, 0.4) is 0 Å². The zero-order valence-corrected chi connectivity index (χ0v) is 13.6. The summed E-state index contributed by atoms with van der Waals surface area (Å²) in [5, 5.41) is 7.10. The average Bonchev–Trinajstić information content (AvgIpc) is 3.24. The van der Waals surface area contributed by atoms with Gasteiger partial charge >= 0.3 is 0 Å². The van der Waals surface area contributed by atoms with Crippen LogP contribution in [0.25, 0.3) is 5.65 Å². The van der Waals surface area contributed by atoms with Gasteiger partial charge in [0.25, 0.3) is 5.91 Å². The highest BCUT2D eigenvalue weighted by Crippen LogP contribution is 2.19. The van der Waals surface area contributed by atoms with Crippen molar-refractivity contribution in [2.75, 3.05) is 18.5 Å². The van der Waals surface area contributed by atoms with Gasteiger partial charge in [-0.2, -0.15) is 5.10 Å². The van der Waals surface area contributed by atoms with E-state index in [9.17, 15) is 9.18 Å². The number of ether oxygens (including phenoxy) is 1. The van der Waals surface area contributed by atoms with E-state index in [0.29, 0.717) is 11.7 Å². The van der Waals surface area contributed by atoms with Crippen LogP contribution in [0.2, 0.25) is 0 Å². The topological polar surface area (TPSA) is 73.5 Å². The summed E-state index contributed by atoms with van der Waals surface area (Å²) in [6.07, 6.45) is 6.78. The zero-order chi connectivity index (χ0) is 17.2. The molecule has 1 fully saturated rings. The van der Waals surface area contributed by atoms with E-state index in [1.807, 2.05) is 0 Å². The maximum Gasteiger partial charge on any atom is 0.277 e. The molecule has 1 N–H and O–H groups in total. The number of imidazole rings is 1. The number of fused-ring (bicyclic) bond motifs is 1. The van der Waals surface area contributed by atoms with E-state index in [-0.39, 0.29) is 11.3 Å². The molecule has 1 amide bonds. The number of carbonyl (C=O) groups is 1. The average molecular weight is 343 g/mol. The second-order valence-electron chi connectivity index (χ2n) is 6.12. The molecule has 0 radical (unpaired) electrons. The van der Waals surface area contributed by atoms with Gasteiger partial charge in [-0.05, 0) is 30.9 Å². The van der Waals surface area contributed by atoms with E-state index >= 15 is 0 Å². The molecule has 8 heteroatoms. The quantitative estimate of drug-likeness (QED) is 0.789. The Bertz CT molecular complexity index is 897. The first kappa shape index (κ1) is 15.8. The largest absolute Gasteiger partial charge is 0.381 e. The van der Waals surface area contributed by atoms with Crippen LogP contribution in [0.1, 0.15) is 23.3 Å². The number of rotatable bonds is 4. The molecule has 3 aromatic heterocycles. The van der Waals surface area contributed by atoms with Crippen LogP contribution in [0.4, 0.5) is 10.2 Å². The Balaban J connectivity index is 1.50. The molecule has 0 saturated carbocycles. The Morgan fingerprint density at radius 3 is 3.00 bits per heavy atom. The number of carbonyl (C=O) groups excluding carboxylic acids is 1. The standard InChI is InChI=1S/C17H18FN5O2/c18-13-2-1-7-22-11-14(20-16(13)22)17(24)21-15-3-6-19-23(15)10-12-4-8-25-9-5-12/h1-3,6-7,11-12H,4-5,8-10H2,(H,21,24). The van der Waals surface area contributed by atoms with Crippen LogP contribution in [-0.4, -0.2) is 38.3 Å². The van der Waals surface area contributed by atoms with Gasteiger partial charge < -0.3 is 14.5 Å². The van der Waals surface area contributed by atoms with Crippen molar-refractivity contribution < 1.29 is 13.9 Å². The lowest BCUT2D eigenvalue weighted by Gasteiger charge is -2.22. The maximum absolute atomic E-state index is 13.7. The van der Waals surface area contributed by atoms with Gasteiger partial charge in [0.05, 0.1) is 6.20 Å². The molecule has 0 aliphatic carbocycles. The Morgan fingerprint density at radius 1 is 1.36 bits per heavy atom. The van der Waals surface area contributed by atoms with Crippen molar-refractivity contribution >= 4 is 17.4 Å². The van der Waals surface area contributed by atoms with Crippen molar-refractivity contribution in [3.63, 3.8) is 0 Å². The summed E-state index contributed by atoms with van der Waals surface area (Å²) >= 11 is 0. The molecule has 0 spiro atoms. The number of hydrogen-bond acceptors (Lipinski definition) is 4. The minimum atomic E-state index is -0.467. The van der Waals surface area contributed by atoms with Gasteiger partial charge in [-0.3, -0.25) is 4.79 Å². The van der Waals surface area contributed by atoms with Gasteiger partial charge in [0.2, 0.25) is 0 Å². The Hall–Kier alpha value is -2.74. The summed E-state index contributed by atoms with van der Waals surface area (Å²) in [5.74, 6) is 0.227. The van der Waals surface area contributed by atoms with Crippen molar-refractivity contribution in [3.8, 4) is 0 Å². The summed E-state index contributed by atoms with van der Waals surface area (Å²) < 4.78 is 22.4. The highest BCUT2D eigenvalue weighted by atomic mass is 19.1. The van der Waals surface area contributed by atoms with Crippen LogP contribution >= 0.6 is 0 Å². The lowest BCUT2D eigenvalue weighted by Crippen LogP contribution is -2.23. The van der Waals surface area contributed by atoms with E-state index < -0.39 is 11.7 Å². The number of aromatic nitrogens is 4. The molecule has 130 valence electrons. The van der Waals surface area contributed by atoms with Crippen molar-refractivity contribution in [3.05, 3.63) is 48.3 Å². The number of nitrogens with one attached hydrogen (secondary N) is 1. The van der Waals surface area contributed by atoms with Crippen molar-refractivity contribution in [1.82, 2.24) is 19.2 Å². The summed E-state index contributed by atoms with van der Waals surface area (Å²) in [6.45, 7) is 2.26. The second-order valence-corrected chi connectivity index (χ2v) is 6.12. The number of pyridine rings is 1. The number of halogens is 1. The van der Waals surface area contributed by atoms with Gasteiger partial charge in [0.1, 0.15) is 11.5 Å². The third kappa shape index (κ3) is 3.25. The minimum Gasteiger partial charge on any atom is -0.381 e. The fourth-order valence-electron chi connectivity index (χ4n) is 3.03. The van der Waals surface area contributed by atoms with Crippen LogP contribution in [0.5, 0.6) is 0 Å². The highest BCUT2D eigenvalue weighted by Gasteiger charge is 2.18. The Morgan fingerprint density at radius 2 is 2.20 bits per heavy atom. The summed E-state index contributed by atoms with van der Waals surface area (Å²) in [5.41, 5.74) is 0.285. The SMILES string of the molecule is O=C(Nc1ccnn1CC1CCOCC1)c1cn2cccc(F)c2n1. The van der Waals surface area contributed by atoms with Crippen LogP contribution in [-0.2, 0) is 11.3 Å². The first-order valence-electron chi connectivity index (χ1n) is 8.25. The third-order valence-corrected chi connectivity index (χ3v) is 4.40. The minimum absolute atomic E-state index is 0.128. The summed E-state index contributed by atoms with van der Waals surface area (Å²) in [6, 6.07) is 4.62. The first-order chi connectivity index (χ1) is 12.2. The molecule has 25 heavy (non-hydrogen) atoms. The zero-order valence-electron chi connectivity index (χ0n) is 13.6. The summed E-state index contributed by atoms with van der Waals surface area (Å²) in [4.78, 5) is 16.5. The molecule has 0 unspecified atom stereocenters. The highest BCUT2D eigenvalue weighted by molar-refractivity contribution is 6.02. The molecule has 0 bridgehead atoms. The normalized spacial score (nSPS) is 15.6. The molecule has 3 aromatic rings. The van der Waals surface area contributed by atoms with E-state index in [4.69, 9.17) is 4.74 Å². The van der Waals surface area contributed by atoms with E-state index in [1.165, 1.54) is 16.7 Å². The first-order valence-corrected chi connectivity index (χ1v) is 8.25. The monoisotopic (exact) mass is 343 g/mol. The van der Waals surface area contributed by atoms with Gasteiger partial charge in [-0.25, -0.2) is 14.1 Å². The Labute approximate surface area is 143 Å². The molecule has 0 atom stereocenters. The third-order valence-electron chi connectivity index (χ3n) is 4.40. The molecule has 4 rings (SSSR count). The van der Waals surface area contributed by atoms with Crippen molar-refractivity contribution in [2.45, 2.75) is 19.4 Å². The van der Waals surface area contributed by atoms with Crippen molar-refractivity contribution in [2.24, 2.45) is 5.92 Å². The van der Waals surface area contributed by atoms with E-state index in [0.717, 1.165) is 32.6 Å². The van der Waals surface area contributed by atoms with Gasteiger partial charge in [0.15, 0.2) is 11.5 Å². The van der Waals surface area contributed by atoms with Crippen molar-refractivity contribution in [1.29, 1.82) is 0 Å². The van der Waals surface area contributed by atoms with Gasteiger partial charge in [-0.1, -0.05) is 0 Å². The number of amides is 1. The number of hydrogen-bond donors (Lipinski definition) is 1. The lowest BCUT2D eigenvalue weighted by molar-refractivity contribution is 0.0603. The van der Waals surface area contributed by atoms with Crippen LogP contribution < -0.4 is 5.32 Å². The van der Waals surface area contributed by atoms with Crippen LogP contribution in [0, 0.1) is 11.7 Å². The van der Waals surface area contributed by atoms with E-state index in [1.54, 1.807) is 29.2 Å². The fraction of sp³-hybridized carbons (Fsp3) is 0.353. The lowest BCUT2D eigenvalue weighted by atomic mass is 10.0. The van der Waals surface area contributed by atoms with E-state index in [2.05, 4.69) is 15.4 Å². The van der Waals surface area contributed by atoms with Crippen LogP contribution in [0.15, 0.2) is 36.8 Å². The number of nitrogens with zero attached hydrogens (tertiary/aromatic N) is 4. The molecule has 1 saturated heterocycles. The Kier molecular flexibility index (Phi) is 4.19. The second kappa shape index (κ2) is 6.64. The molecule has 4 heterocycles. The molecule has 1 aliphatic rings. The van der Waals surface area contributed by atoms with Gasteiger partial charge in [0, 0.05) is 38.2 Å². The smallest absolute Gasteiger partial charge is 0.277 e. The predicted octanol–water partition coefficient (Wildman–Crippen LogP) is 2.35. The van der Waals surface area contributed by atoms with Gasteiger partial charge in [-0.15, -0.1) is 0 Å². The number of anilines is 1. The fourth-order valence-corrected chi connectivity index (χ4v) is 3.03. The predicted molar refractivity (Wildman–Crippen MR) is 88.9 cm³/mol. The molecular weight excluding hydrogens is 325 g/mol. The maximum atomic E-state index is 13.7. The molecule has 0 aromatic carbocycles.